The quantitative estimate of drug-likeness (QED) is 0.532. The van der Waals surface area contributed by atoms with Crippen LogP contribution in [0.5, 0.6) is 0 Å². The van der Waals surface area contributed by atoms with Gasteiger partial charge in [-0.1, -0.05) is 17.3 Å². The number of thioether (sulfide) groups is 1. The third-order valence-electron chi connectivity index (χ3n) is 4.23. The second-order valence-electron chi connectivity index (χ2n) is 5.99. The molecule has 1 amide bonds. The van der Waals surface area contributed by atoms with Gasteiger partial charge in [0, 0.05) is 17.5 Å². The molecule has 0 aliphatic heterocycles. The number of amides is 1. The number of fused-ring (bicyclic) bond motifs is 1. The molecule has 0 aliphatic rings. The molecule has 3 aromatic heterocycles. The molecular weight excluding hydrogens is 362 g/mol. The van der Waals surface area contributed by atoms with E-state index in [0.29, 0.717) is 16.3 Å². The van der Waals surface area contributed by atoms with Crippen molar-refractivity contribution in [3.8, 4) is 0 Å². The first kappa shape index (κ1) is 17.3. The third-order valence-corrected chi connectivity index (χ3v) is 5.26. The molecule has 4 aromatic rings. The highest BCUT2D eigenvalue weighted by Gasteiger charge is 2.16. The normalized spacial score (nSPS) is 11.0. The first-order chi connectivity index (χ1) is 13.1. The number of para-hydroxylation sites is 2. The molecule has 0 aliphatic carbocycles. The number of imidazole rings is 1. The van der Waals surface area contributed by atoms with Gasteiger partial charge in [0.05, 0.1) is 22.3 Å². The van der Waals surface area contributed by atoms with Crippen LogP contribution < -0.4 is 5.43 Å². The number of aromatic nitrogens is 4. The second-order valence-corrected chi connectivity index (χ2v) is 6.96. The Hall–Kier alpha value is -3.13. The largest absolute Gasteiger partial charge is 0.361 e. The molecule has 0 atom stereocenters. The van der Waals surface area contributed by atoms with E-state index in [4.69, 9.17) is 4.52 Å². The van der Waals surface area contributed by atoms with Crippen LogP contribution in [0.2, 0.25) is 0 Å². The van der Waals surface area contributed by atoms with Crippen LogP contribution in [-0.2, 0) is 5.75 Å². The molecule has 8 heteroatoms. The summed E-state index contributed by atoms with van der Waals surface area (Å²) in [5.74, 6) is 1.17. The molecule has 1 N–H and O–H groups in total. The number of nitrogens with one attached hydrogen (secondary N) is 1. The lowest BCUT2D eigenvalue weighted by Crippen LogP contribution is -2.22. The average Bonchev–Trinajstić information content (AvgIpc) is 3.24. The van der Waals surface area contributed by atoms with E-state index in [1.165, 1.54) is 11.8 Å². The van der Waals surface area contributed by atoms with Crippen LogP contribution in [0.4, 0.5) is 0 Å². The minimum absolute atomic E-state index is 0.243. The molecule has 0 fully saturated rings. The van der Waals surface area contributed by atoms with Gasteiger partial charge in [0.1, 0.15) is 17.1 Å². The van der Waals surface area contributed by atoms with Crippen molar-refractivity contribution in [2.75, 3.05) is 5.43 Å². The Balaban J connectivity index is 1.56. The molecule has 136 valence electrons. The van der Waals surface area contributed by atoms with E-state index in [1.54, 1.807) is 29.3 Å². The summed E-state index contributed by atoms with van der Waals surface area (Å²) in [7, 11) is 0. The number of rotatable bonds is 5. The predicted octanol–water partition coefficient (Wildman–Crippen LogP) is 3.71. The molecule has 4 rings (SSSR count). The Bertz CT molecular complexity index is 1100. The zero-order chi connectivity index (χ0) is 18.8. The summed E-state index contributed by atoms with van der Waals surface area (Å²) in [5, 5.41) is 4.62. The van der Waals surface area contributed by atoms with Gasteiger partial charge in [0.2, 0.25) is 0 Å². The molecule has 3 heterocycles. The standard InChI is InChI=1S/C19H17N5O2S/c1-12-15(13(2)26-23-12)10-27-19-14(6-5-9-20-19)18(25)22-24-11-21-16-7-3-4-8-17(16)24/h3-9,11H,10H2,1-2H3,(H,22,25). The first-order valence-electron chi connectivity index (χ1n) is 8.36. The maximum absolute atomic E-state index is 12.8. The van der Waals surface area contributed by atoms with E-state index in [9.17, 15) is 4.79 Å². The van der Waals surface area contributed by atoms with Crippen molar-refractivity contribution >= 4 is 28.7 Å². The number of hydrogen-bond donors (Lipinski definition) is 1. The van der Waals surface area contributed by atoms with Gasteiger partial charge in [0.25, 0.3) is 5.91 Å². The lowest BCUT2D eigenvalue weighted by Gasteiger charge is -2.10. The van der Waals surface area contributed by atoms with Crippen molar-refractivity contribution in [1.29, 1.82) is 0 Å². The number of nitrogens with zero attached hydrogens (tertiary/aromatic N) is 4. The molecule has 7 nitrogen and oxygen atoms in total. The summed E-state index contributed by atoms with van der Waals surface area (Å²) < 4.78 is 6.82. The van der Waals surface area contributed by atoms with E-state index >= 15 is 0 Å². The molecule has 27 heavy (non-hydrogen) atoms. The molecule has 1 aromatic carbocycles. The van der Waals surface area contributed by atoms with Crippen molar-refractivity contribution in [2.45, 2.75) is 24.6 Å². The Kier molecular flexibility index (Phi) is 4.64. The maximum atomic E-state index is 12.8. The van der Waals surface area contributed by atoms with Crippen molar-refractivity contribution in [3.05, 3.63) is 71.5 Å². The van der Waals surface area contributed by atoms with Crippen LogP contribution in [0.15, 0.2) is 58.5 Å². The monoisotopic (exact) mass is 379 g/mol. The number of carbonyl (C=O) groups excluding carboxylic acids is 1. The fourth-order valence-electron chi connectivity index (χ4n) is 2.75. The van der Waals surface area contributed by atoms with Gasteiger partial charge >= 0.3 is 0 Å². The highest BCUT2D eigenvalue weighted by Crippen LogP contribution is 2.27. The van der Waals surface area contributed by atoms with Crippen LogP contribution in [-0.4, -0.2) is 25.7 Å². The van der Waals surface area contributed by atoms with Crippen LogP contribution in [0.1, 0.15) is 27.4 Å². The molecular formula is C19H17N5O2S. The van der Waals surface area contributed by atoms with E-state index < -0.39 is 0 Å². The zero-order valence-electron chi connectivity index (χ0n) is 14.8. The second kappa shape index (κ2) is 7.24. The molecule has 0 saturated heterocycles. The van der Waals surface area contributed by atoms with Gasteiger partial charge < -0.3 is 4.52 Å². The van der Waals surface area contributed by atoms with Gasteiger partial charge in [-0.25, -0.2) is 14.6 Å². The Morgan fingerprint density at radius 3 is 2.85 bits per heavy atom. The van der Waals surface area contributed by atoms with Crippen LogP contribution in [0, 0.1) is 13.8 Å². The van der Waals surface area contributed by atoms with E-state index in [2.05, 4.69) is 20.6 Å². The number of carbonyl (C=O) groups is 1. The highest BCUT2D eigenvalue weighted by atomic mass is 32.2. The van der Waals surface area contributed by atoms with Crippen LogP contribution >= 0.6 is 11.8 Å². The number of pyridine rings is 1. The highest BCUT2D eigenvalue weighted by molar-refractivity contribution is 7.98. The minimum Gasteiger partial charge on any atom is -0.361 e. The molecule has 0 unspecified atom stereocenters. The van der Waals surface area contributed by atoms with Gasteiger partial charge in [0.15, 0.2) is 0 Å². The van der Waals surface area contributed by atoms with Crippen molar-refractivity contribution in [2.24, 2.45) is 0 Å². The summed E-state index contributed by atoms with van der Waals surface area (Å²) in [6, 6.07) is 11.1. The summed E-state index contributed by atoms with van der Waals surface area (Å²) >= 11 is 1.48. The van der Waals surface area contributed by atoms with Crippen molar-refractivity contribution < 1.29 is 9.32 Å². The Morgan fingerprint density at radius 2 is 2.04 bits per heavy atom. The zero-order valence-corrected chi connectivity index (χ0v) is 15.7. The molecule has 0 spiro atoms. The smallest absolute Gasteiger partial charge is 0.272 e. The van der Waals surface area contributed by atoms with Crippen molar-refractivity contribution in [1.82, 2.24) is 19.8 Å². The predicted molar refractivity (Wildman–Crippen MR) is 103 cm³/mol. The van der Waals surface area contributed by atoms with Gasteiger partial charge in [-0.2, -0.15) is 0 Å². The first-order valence-corrected chi connectivity index (χ1v) is 9.35. The number of aryl methyl sites for hydroxylation is 2. The van der Waals surface area contributed by atoms with E-state index in [-0.39, 0.29) is 5.91 Å². The summed E-state index contributed by atoms with van der Waals surface area (Å²) in [6.07, 6.45) is 3.27. The van der Waals surface area contributed by atoms with Crippen LogP contribution in [0.3, 0.4) is 0 Å². The Morgan fingerprint density at radius 1 is 1.19 bits per heavy atom. The summed E-state index contributed by atoms with van der Waals surface area (Å²) in [4.78, 5) is 21.5. The summed E-state index contributed by atoms with van der Waals surface area (Å²) in [6.45, 7) is 3.79. The molecule has 0 bridgehead atoms. The van der Waals surface area contributed by atoms with Gasteiger partial charge in [-0.15, -0.1) is 11.8 Å². The molecule has 0 saturated carbocycles. The van der Waals surface area contributed by atoms with E-state index in [0.717, 1.165) is 28.1 Å². The minimum atomic E-state index is -0.243. The van der Waals surface area contributed by atoms with Gasteiger partial charge in [-0.05, 0) is 38.1 Å². The van der Waals surface area contributed by atoms with E-state index in [1.807, 2.05) is 38.1 Å². The molecule has 0 radical (unpaired) electrons. The fourth-order valence-corrected chi connectivity index (χ4v) is 3.89. The summed E-state index contributed by atoms with van der Waals surface area (Å²) in [5.41, 5.74) is 6.90. The number of benzene rings is 1. The topological polar surface area (TPSA) is 85.8 Å². The third kappa shape index (κ3) is 3.43. The Labute approximate surface area is 159 Å². The lowest BCUT2D eigenvalue weighted by molar-refractivity contribution is 0.100. The number of hydrogen-bond acceptors (Lipinski definition) is 6. The van der Waals surface area contributed by atoms with Crippen LogP contribution in [0.25, 0.3) is 11.0 Å². The van der Waals surface area contributed by atoms with Crippen molar-refractivity contribution in [3.63, 3.8) is 0 Å². The SMILES string of the molecule is Cc1noc(C)c1CSc1ncccc1C(=O)Nn1cnc2ccccc21. The fraction of sp³-hybridized carbons (Fsp3) is 0.158. The maximum Gasteiger partial charge on any atom is 0.272 e. The lowest BCUT2D eigenvalue weighted by atomic mass is 10.2. The average molecular weight is 379 g/mol. The van der Waals surface area contributed by atoms with Gasteiger partial charge in [-0.3, -0.25) is 10.2 Å².